The van der Waals surface area contributed by atoms with Gasteiger partial charge in [0, 0.05) is 24.9 Å². The molecule has 5 heteroatoms. The van der Waals surface area contributed by atoms with Crippen LogP contribution in [0, 0.1) is 0 Å². The van der Waals surface area contributed by atoms with Crippen LogP contribution in [0.15, 0.2) is 23.1 Å². The van der Waals surface area contributed by atoms with Crippen LogP contribution in [0.2, 0.25) is 0 Å². The van der Waals surface area contributed by atoms with Gasteiger partial charge in [-0.05, 0) is 24.6 Å². The van der Waals surface area contributed by atoms with Gasteiger partial charge >= 0.3 is 0 Å². The molecule has 1 unspecified atom stereocenters. The van der Waals surface area contributed by atoms with E-state index in [0.29, 0.717) is 17.1 Å². The minimum Gasteiger partial charge on any atom is -0.495 e. The van der Waals surface area contributed by atoms with Crippen LogP contribution in [0.1, 0.15) is 12.8 Å². The van der Waals surface area contributed by atoms with Crippen molar-refractivity contribution in [1.82, 2.24) is 0 Å². The Labute approximate surface area is 103 Å². The predicted molar refractivity (Wildman–Crippen MR) is 66.9 cm³/mol. The molecule has 1 aliphatic heterocycles. The quantitative estimate of drug-likeness (QED) is 0.821. The van der Waals surface area contributed by atoms with E-state index in [0.717, 1.165) is 18.7 Å². The molecular weight excluding hydrogens is 238 g/mol. The van der Waals surface area contributed by atoms with Crippen molar-refractivity contribution in [3.8, 4) is 5.75 Å². The molecule has 1 saturated heterocycles. The van der Waals surface area contributed by atoms with Crippen LogP contribution in [0.4, 0.5) is 5.69 Å². The Kier molecular flexibility index (Phi) is 3.47. The summed E-state index contributed by atoms with van der Waals surface area (Å²) in [5, 5.41) is 0. The van der Waals surface area contributed by atoms with Gasteiger partial charge in [-0.2, -0.15) is 0 Å². The number of methoxy groups -OCH3 is 1. The lowest BCUT2D eigenvalue weighted by atomic mass is 10.3. The topological polar surface area (TPSA) is 46.6 Å². The highest BCUT2D eigenvalue weighted by Gasteiger charge is 2.22. The maximum absolute atomic E-state index is 11.6. The number of hydrogen-bond donors (Lipinski definition) is 0. The number of anilines is 1. The van der Waals surface area contributed by atoms with Crippen molar-refractivity contribution in [2.24, 2.45) is 0 Å². The van der Waals surface area contributed by atoms with Crippen molar-refractivity contribution >= 4 is 22.4 Å². The van der Waals surface area contributed by atoms with Gasteiger partial charge in [-0.15, -0.1) is 0 Å². The SMILES string of the molecule is COc1ccc(N2CCCC2=O)cc1S(C)=O. The van der Waals surface area contributed by atoms with Crippen LogP contribution in [-0.2, 0) is 15.6 Å². The third kappa shape index (κ3) is 2.34. The first-order valence-electron chi connectivity index (χ1n) is 5.45. The second-order valence-electron chi connectivity index (χ2n) is 3.94. The maximum Gasteiger partial charge on any atom is 0.227 e. The zero-order chi connectivity index (χ0) is 12.4. The van der Waals surface area contributed by atoms with E-state index in [1.165, 1.54) is 0 Å². The van der Waals surface area contributed by atoms with Crippen molar-refractivity contribution in [1.29, 1.82) is 0 Å². The summed E-state index contributed by atoms with van der Waals surface area (Å²) in [6.45, 7) is 0.737. The number of carbonyl (C=O) groups is 1. The van der Waals surface area contributed by atoms with E-state index in [1.807, 2.05) is 6.07 Å². The summed E-state index contributed by atoms with van der Waals surface area (Å²) in [5.41, 5.74) is 0.804. The van der Waals surface area contributed by atoms with E-state index in [9.17, 15) is 9.00 Å². The number of carbonyl (C=O) groups excluding carboxylic acids is 1. The predicted octanol–water partition coefficient (Wildman–Crippen LogP) is 1.56. The van der Waals surface area contributed by atoms with Crippen LogP contribution in [-0.4, -0.2) is 30.0 Å². The lowest BCUT2D eigenvalue weighted by molar-refractivity contribution is -0.117. The molecule has 1 atom stereocenters. The fourth-order valence-corrected chi connectivity index (χ4v) is 2.70. The number of ether oxygens (including phenoxy) is 1. The molecule has 2 rings (SSSR count). The van der Waals surface area contributed by atoms with Gasteiger partial charge in [0.15, 0.2) is 0 Å². The normalized spacial score (nSPS) is 17.3. The lowest BCUT2D eigenvalue weighted by Crippen LogP contribution is -2.23. The van der Waals surface area contributed by atoms with E-state index < -0.39 is 10.8 Å². The van der Waals surface area contributed by atoms with Gasteiger partial charge in [-0.25, -0.2) is 0 Å². The van der Waals surface area contributed by atoms with Crippen LogP contribution < -0.4 is 9.64 Å². The number of hydrogen-bond acceptors (Lipinski definition) is 3. The fourth-order valence-electron chi connectivity index (χ4n) is 1.98. The molecule has 4 nitrogen and oxygen atoms in total. The van der Waals surface area contributed by atoms with E-state index >= 15 is 0 Å². The molecule has 0 N–H and O–H groups in total. The first kappa shape index (κ1) is 12.1. The number of rotatable bonds is 3. The number of amides is 1. The molecule has 1 aromatic carbocycles. The van der Waals surface area contributed by atoms with E-state index in [-0.39, 0.29) is 5.91 Å². The molecule has 0 bridgehead atoms. The van der Waals surface area contributed by atoms with Gasteiger partial charge in [-0.3, -0.25) is 9.00 Å². The Morgan fingerprint density at radius 2 is 2.18 bits per heavy atom. The number of nitrogens with zero attached hydrogens (tertiary/aromatic N) is 1. The molecule has 1 aromatic rings. The lowest BCUT2D eigenvalue weighted by Gasteiger charge is -2.17. The fraction of sp³-hybridized carbons (Fsp3) is 0.417. The van der Waals surface area contributed by atoms with Gasteiger partial charge in [0.1, 0.15) is 5.75 Å². The largest absolute Gasteiger partial charge is 0.495 e. The van der Waals surface area contributed by atoms with Crippen LogP contribution >= 0.6 is 0 Å². The minimum absolute atomic E-state index is 0.128. The molecule has 0 radical (unpaired) electrons. The average molecular weight is 253 g/mol. The first-order valence-corrected chi connectivity index (χ1v) is 7.01. The van der Waals surface area contributed by atoms with Crippen LogP contribution in [0.5, 0.6) is 5.75 Å². The molecule has 0 spiro atoms. The van der Waals surface area contributed by atoms with Gasteiger partial charge in [0.2, 0.25) is 5.91 Å². The third-order valence-electron chi connectivity index (χ3n) is 2.84. The maximum atomic E-state index is 11.6. The summed E-state index contributed by atoms with van der Waals surface area (Å²) in [5.74, 6) is 0.726. The molecule has 1 heterocycles. The van der Waals surface area contributed by atoms with E-state index in [1.54, 1.807) is 30.4 Å². The second-order valence-corrected chi connectivity index (χ2v) is 5.29. The minimum atomic E-state index is -1.12. The zero-order valence-electron chi connectivity index (χ0n) is 9.93. The average Bonchev–Trinajstić information content (AvgIpc) is 2.74. The van der Waals surface area contributed by atoms with Crippen molar-refractivity contribution in [3.05, 3.63) is 18.2 Å². The smallest absolute Gasteiger partial charge is 0.227 e. The first-order chi connectivity index (χ1) is 8.13. The van der Waals surface area contributed by atoms with Gasteiger partial charge < -0.3 is 9.64 Å². The molecule has 0 saturated carbocycles. The molecule has 92 valence electrons. The summed E-state index contributed by atoms with van der Waals surface area (Å²) < 4.78 is 16.8. The Balaban J connectivity index is 2.40. The second kappa shape index (κ2) is 4.87. The van der Waals surface area contributed by atoms with Gasteiger partial charge in [0.25, 0.3) is 0 Å². The van der Waals surface area contributed by atoms with Gasteiger partial charge in [-0.1, -0.05) is 0 Å². The Morgan fingerprint density at radius 1 is 1.41 bits per heavy atom. The van der Waals surface area contributed by atoms with Crippen molar-refractivity contribution in [3.63, 3.8) is 0 Å². The molecule has 0 aliphatic carbocycles. The third-order valence-corrected chi connectivity index (χ3v) is 3.78. The van der Waals surface area contributed by atoms with Crippen molar-refractivity contribution in [2.75, 3.05) is 24.8 Å². The molecule has 1 amide bonds. The van der Waals surface area contributed by atoms with Gasteiger partial charge in [0.05, 0.1) is 22.8 Å². The monoisotopic (exact) mass is 253 g/mol. The van der Waals surface area contributed by atoms with E-state index in [4.69, 9.17) is 4.74 Å². The summed E-state index contributed by atoms with van der Waals surface area (Å²) >= 11 is 0. The Bertz CT molecular complexity index is 473. The summed E-state index contributed by atoms with van der Waals surface area (Å²) in [7, 11) is 0.423. The summed E-state index contributed by atoms with van der Waals surface area (Å²) in [6.07, 6.45) is 3.08. The van der Waals surface area contributed by atoms with E-state index in [2.05, 4.69) is 0 Å². The molecule has 17 heavy (non-hydrogen) atoms. The molecule has 0 aromatic heterocycles. The molecule has 1 fully saturated rings. The summed E-state index contributed by atoms with van der Waals surface area (Å²) in [4.78, 5) is 14.0. The number of benzene rings is 1. The molecular formula is C12H15NO3S. The summed E-state index contributed by atoms with van der Waals surface area (Å²) in [6, 6.07) is 5.37. The standard InChI is InChI=1S/C12H15NO3S/c1-16-10-6-5-9(8-11(10)17(2)15)13-7-3-4-12(13)14/h5-6,8H,3-4,7H2,1-2H3. The van der Waals surface area contributed by atoms with Crippen molar-refractivity contribution < 1.29 is 13.7 Å². The molecule has 1 aliphatic rings. The Hall–Kier alpha value is -1.36. The highest BCUT2D eigenvalue weighted by Crippen LogP contribution is 2.29. The zero-order valence-corrected chi connectivity index (χ0v) is 10.8. The Morgan fingerprint density at radius 3 is 2.71 bits per heavy atom. The van der Waals surface area contributed by atoms with Crippen molar-refractivity contribution in [2.45, 2.75) is 17.7 Å². The van der Waals surface area contributed by atoms with Crippen LogP contribution in [0.3, 0.4) is 0 Å². The highest BCUT2D eigenvalue weighted by atomic mass is 32.2. The van der Waals surface area contributed by atoms with Crippen LogP contribution in [0.25, 0.3) is 0 Å². The highest BCUT2D eigenvalue weighted by molar-refractivity contribution is 7.84.